The van der Waals surface area contributed by atoms with Crippen molar-refractivity contribution >= 4 is 22.4 Å². The molecule has 2 aromatic heterocycles. The molecule has 90 valence electrons. The minimum Gasteiger partial charge on any atom is -0.464 e. The molecule has 7 heteroatoms. The molecule has 0 saturated carbocycles. The van der Waals surface area contributed by atoms with Crippen molar-refractivity contribution in [3.63, 3.8) is 0 Å². The average molecular weight is 252 g/mol. The van der Waals surface area contributed by atoms with Crippen LogP contribution >= 0.6 is 11.3 Å². The minimum absolute atomic E-state index is 0.221. The Morgan fingerprint density at radius 3 is 2.82 bits per heavy atom. The maximum atomic E-state index is 11.7. The molecular weight excluding hydrogens is 240 g/mol. The summed E-state index contributed by atoms with van der Waals surface area (Å²) in [6.45, 7) is 3.68. The Bertz CT molecular complexity index is 534. The summed E-state index contributed by atoms with van der Waals surface area (Å²) in [4.78, 5) is 11.7. The van der Waals surface area contributed by atoms with Crippen molar-refractivity contribution in [3.8, 4) is 0 Å². The van der Waals surface area contributed by atoms with Gasteiger partial charge in [0.05, 0.1) is 6.04 Å². The molecule has 2 rings (SSSR count). The molecule has 6 nitrogen and oxygen atoms in total. The first kappa shape index (κ1) is 11.6. The number of furan rings is 1. The third-order valence-corrected chi connectivity index (χ3v) is 2.92. The van der Waals surface area contributed by atoms with Crippen molar-refractivity contribution in [2.75, 3.05) is 5.73 Å². The van der Waals surface area contributed by atoms with E-state index in [0.717, 1.165) is 17.1 Å². The molecule has 3 N–H and O–H groups in total. The lowest BCUT2D eigenvalue weighted by Gasteiger charge is -2.09. The molecule has 0 aliphatic carbocycles. The first-order chi connectivity index (χ1) is 8.06. The van der Waals surface area contributed by atoms with E-state index in [0.29, 0.717) is 5.76 Å². The average Bonchev–Trinajstić information content (AvgIpc) is 2.87. The maximum absolute atomic E-state index is 11.7. The molecule has 1 unspecified atom stereocenters. The van der Waals surface area contributed by atoms with E-state index in [1.54, 1.807) is 0 Å². The van der Waals surface area contributed by atoms with Gasteiger partial charge in [-0.15, -0.1) is 10.2 Å². The van der Waals surface area contributed by atoms with Crippen LogP contribution in [0.4, 0.5) is 5.13 Å². The van der Waals surface area contributed by atoms with Crippen LogP contribution in [0, 0.1) is 6.92 Å². The van der Waals surface area contributed by atoms with Crippen LogP contribution in [0.3, 0.4) is 0 Å². The van der Waals surface area contributed by atoms with Crippen LogP contribution in [-0.4, -0.2) is 16.1 Å². The van der Waals surface area contributed by atoms with Gasteiger partial charge >= 0.3 is 0 Å². The fourth-order valence-electron chi connectivity index (χ4n) is 1.34. The van der Waals surface area contributed by atoms with Gasteiger partial charge in [0, 0.05) is 0 Å². The van der Waals surface area contributed by atoms with Gasteiger partial charge < -0.3 is 15.5 Å². The predicted octanol–water partition coefficient (Wildman–Crippen LogP) is 1.51. The smallest absolute Gasteiger partial charge is 0.282 e. The molecule has 17 heavy (non-hydrogen) atoms. The second-order valence-electron chi connectivity index (χ2n) is 3.59. The SMILES string of the molecule is Cc1ccc(C(C)NC(=O)c2nnc(N)s2)o1. The van der Waals surface area contributed by atoms with Gasteiger partial charge in [-0.05, 0) is 26.0 Å². The summed E-state index contributed by atoms with van der Waals surface area (Å²) in [5.41, 5.74) is 5.41. The molecule has 0 aromatic carbocycles. The summed E-state index contributed by atoms with van der Waals surface area (Å²) in [6.07, 6.45) is 0. The standard InChI is InChI=1S/C10H12N4O2S/c1-5-3-4-7(16-5)6(2)12-8(15)9-13-14-10(11)17-9/h3-4,6H,1-2H3,(H2,11,14)(H,12,15). The van der Waals surface area contributed by atoms with Gasteiger partial charge in [-0.3, -0.25) is 4.79 Å². The number of aromatic nitrogens is 2. The van der Waals surface area contributed by atoms with E-state index < -0.39 is 0 Å². The summed E-state index contributed by atoms with van der Waals surface area (Å²) >= 11 is 1.05. The molecule has 0 spiro atoms. The highest BCUT2D eigenvalue weighted by Gasteiger charge is 2.17. The second kappa shape index (κ2) is 4.54. The number of amides is 1. The Kier molecular flexibility index (Phi) is 3.10. The van der Waals surface area contributed by atoms with E-state index in [1.165, 1.54) is 0 Å². The van der Waals surface area contributed by atoms with Gasteiger partial charge in [0.15, 0.2) is 0 Å². The van der Waals surface area contributed by atoms with Crippen LogP contribution in [0.1, 0.15) is 34.3 Å². The van der Waals surface area contributed by atoms with Gasteiger partial charge in [-0.1, -0.05) is 11.3 Å². The largest absolute Gasteiger partial charge is 0.464 e. The molecule has 0 bridgehead atoms. The van der Waals surface area contributed by atoms with Crippen LogP contribution < -0.4 is 11.1 Å². The summed E-state index contributed by atoms with van der Waals surface area (Å²) < 4.78 is 5.42. The molecule has 2 heterocycles. The van der Waals surface area contributed by atoms with Crippen LogP contribution in [0.5, 0.6) is 0 Å². The number of nitrogen functional groups attached to an aromatic ring is 1. The number of nitrogens with one attached hydrogen (secondary N) is 1. The van der Waals surface area contributed by atoms with E-state index in [-0.39, 0.29) is 22.1 Å². The molecular formula is C10H12N4O2S. The number of aryl methyl sites for hydroxylation is 1. The van der Waals surface area contributed by atoms with Crippen molar-refractivity contribution in [1.29, 1.82) is 0 Å². The maximum Gasteiger partial charge on any atom is 0.282 e. The summed E-state index contributed by atoms with van der Waals surface area (Å²) in [5.74, 6) is 1.20. The minimum atomic E-state index is -0.305. The molecule has 0 fully saturated rings. The Hall–Kier alpha value is -1.89. The Morgan fingerprint density at radius 1 is 1.53 bits per heavy atom. The number of hydrogen-bond donors (Lipinski definition) is 2. The highest BCUT2D eigenvalue weighted by molar-refractivity contribution is 7.16. The van der Waals surface area contributed by atoms with Crippen LogP contribution in [0.15, 0.2) is 16.5 Å². The number of nitrogens with two attached hydrogens (primary N) is 1. The van der Waals surface area contributed by atoms with Gasteiger partial charge in [0.25, 0.3) is 5.91 Å². The van der Waals surface area contributed by atoms with Crippen LogP contribution in [0.25, 0.3) is 0 Å². The highest BCUT2D eigenvalue weighted by atomic mass is 32.1. The number of hydrogen-bond acceptors (Lipinski definition) is 6. The second-order valence-corrected chi connectivity index (χ2v) is 4.60. The zero-order valence-corrected chi connectivity index (χ0v) is 10.2. The quantitative estimate of drug-likeness (QED) is 0.863. The van der Waals surface area contributed by atoms with Crippen molar-refractivity contribution in [1.82, 2.24) is 15.5 Å². The zero-order chi connectivity index (χ0) is 12.4. The lowest BCUT2D eigenvalue weighted by Crippen LogP contribution is -2.26. The third-order valence-electron chi connectivity index (χ3n) is 2.17. The fraction of sp³-hybridized carbons (Fsp3) is 0.300. The molecule has 0 radical (unpaired) electrons. The summed E-state index contributed by atoms with van der Waals surface area (Å²) in [5, 5.41) is 10.5. The molecule has 2 aromatic rings. The number of anilines is 1. The van der Waals surface area contributed by atoms with E-state index in [9.17, 15) is 4.79 Å². The Labute approximate surface area is 102 Å². The highest BCUT2D eigenvalue weighted by Crippen LogP contribution is 2.17. The van der Waals surface area contributed by atoms with E-state index in [1.807, 2.05) is 26.0 Å². The van der Waals surface area contributed by atoms with Crippen molar-refractivity contribution in [2.45, 2.75) is 19.9 Å². The lowest BCUT2D eigenvalue weighted by atomic mass is 10.2. The van der Waals surface area contributed by atoms with Crippen LogP contribution in [0.2, 0.25) is 0 Å². The van der Waals surface area contributed by atoms with E-state index in [2.05, 4.69) is 15.5 Å². The third kappa shape index (κ3) is 2.62. The van der Waals surface area contributed by atoms with Gasteiger partial charge in [0.1, 0.15) is 11.5 Å². The van der Waals surface area contributed by atoms with Gasteiger partial charge in [0.2, 0.25) is 10.1 Å². The van der Waals surface area contributed by atoms with Gasteiger partial charge in [-0.25, -0.2) is 0 Å². The van der Waals surface area contributed by atoms with E-state index in [4.69, 9.17) is 10.2 Å². The first-order valence-corrected chi connectivity index (χ1v) is 5.84. The van der Waals surface area contributed by atoms with Crippen molar-refractivity contribution < 1.29 is 9.21 Å². The number of nitrogens with zero attached hydrogens (tertiary/aromatic N) is 2. The topological polar surface area (TPSA) is 94.0 Å². The molecule has 1 amide bonds. The van der Waals surface area contributed by atoms with Crippen molar-refractivity contribution in [2.24, 2.45) is 0 Å². The number of rotatable bonds is 3. The molecule has 0 aliphatic heterocycles. The Balaban J connectivity index is 2.04. The van der Waals surface area contributed by atoms with Gasteiger partial charge in [-0.2, -0.15) is 0 Å². The molecule has 0 aliphatic rings. The first-order valence-electron chi connectivity index (χ1n) is 5.02. The normalized spacial score (nSPS) is 12.4. The number of carbonyl (C=O) groups is 1. The molecule has 0 saturated heterocycles. The monoisotopic (exact) mass is 252 g/mol. The predicted molar refractivity (Wildman–Crippen MR) is 63.6 cm³/mol. The fourth-order valence-corrected chi connectivity index (χ4v) is 1.86. The molecule has 1 atom stereocenters. The summed E-state index contributed by atoms with van der Waals surface area (Å²) in [7, 11) is 0. The van der Waals surface area contributed by atoms with Crippen molar-refractivity contribution in [3.05, 3.63) is 28.7 Å². The Morgan fingerprint density at radius 2 is 2.29 bits per heavy atom. The summed E-state index contributed by atoms with van der Waals surface area (Å²) in [6, 6.07) is 3.46. The number of carbonyl (C=O) groups excluding carboxylic acids is 1. The van der Waals surface area contributed by atoms with E-state index >= 15 is 0 Å². The van der Waals surface area contributed by atoms with Crippen LogP contribution in [-0.2, 0) is 0 Å². The lowest BCUT2D eigenvalue weighted by molar-refractivity contribution is 0.0934. The zero-order valence-electron chi connectivity index (χ0n) is 9.43.